The summed E-state index contributed by atoms with van der Waals surface area (Å²) < 4.78 is 0. The minimum absolute atomic E-state index is 0. The summed E-state index contributed by atoms with van der Waals surface area (Å²) in [5.41, 5.74) is 0. The molecule has 2 rings (SSSR count). The molecule has 80 valence electrons. The van der Waals surface area contributed by atoms with Crippen molar-refractivity contribution in [2.45, 2.75) is 45.6 Å². The lowest BCUT2D eigenvalue weighted by Crippen LogP contribution is -2.14. The van der Waals surface area contributed by atoms with Gasteiger partial charge in [0.2, 0.25) is 0 Å². The standard InChI is InChI=1S/C10H14N2.C2H6.H2/c1-2-6-9(5-1)12-10-7-3-4-8-11-10;1-2;/h3-4,7-9H,1-2,5-6H2,(H,11,12);1-2H3;1H. The van der Waals surface area contributed by atoms with Crippen molar-refractivity contribution < 1.29 is 1.43 Å². The number of hydrogen-bond donors (Lipinski definition) is 1. The van der Waals surface area contributed by atoms with Crippen molar-refractivity contribution in [1.29, 1.82) is 0 Å². The van der Waals surface area contributed by atoms with Gasteiger partial charge in [-0.3, -0.25) is 0 Å². The summed E-state index contributed by atoms with van der Waals surface area (Å²) in [6, 6.07) is 6.66. The van der Waals surface area contributed by atoms with Crippen molar-refractivity contribution in [2.75, 3.05) is 5.32 Å². The van der Waals surface area contributed by atoms with Gasteiger partial charge >= 0.3 is 0 Å². The quantitative estimate of drug-likeness (QED) is 0.776. The number of aromatic nitrogens is 1. The molecule has 0 unspecified atom stereocenters. The molecule has 0 spiro atoms. The minimum atomic E-state index is 0. The summed E-state index contributed by atoms with van der Waals surface area (Å²) in [6.07, 6.45) is 7.17. The van der Waals surface area contributed by atoms with Crippen LogP contribution >= 0.6 is 0 Å². The Hall–Kier alpha value is -1.05. The average molecular weight is 194 g/mol. The Labute approximate surface area is 88.2 Å². The van der Waals surface area contributed by atoms with E-state index < -0.39 is 0 Å². The zero-order chi connectivity index (χ0) is 10.2. The highest BCUT2D eigenvalue weighted by atomic mass is 15.0. The molecule has 2 heteroatoms. The normalized spacial score (nSPS) is 15.9. The lowest BCUT2D eigenvalue weighted by atomic mass is 10.2. The van der Waals surface area contributed by atoms with Crippen molar-refractivity contribution >= 4 is 5.82 Å². The van der Waals surface area contributed by atoms with E-state index in [4.69, 9.17) is 0 Å². The largest absolute Gasteiger partial charge is 0.367 e. The van der Waals surface area contributed by atoms with Gasteiger partial charge in [0.25, 0.3) is 0 Å². The molecule has 1 aromatic rings. The van der Waals surface area contributed by atoms with Crippen molar-refractivity contribution in [3.05, 3.63) is 24.4 Å². The van der Waals surface area contributed by atoms with Crippen LogP contribution in [-0.4, -0.2) is 11.0 Å². The lowest BCUT2D eigenvalue weighted by molar-refractivity contribution is 0.750. The van der Waals surface area contributed by atoms with Gasteiger partial charge < -0.3 is 5.32 Å². The Bertz CT molecular complexity index is 233. The van der Waals surface area contributed by atoms with Gasteiger partial charge in [-0.2, -0.15) is 0 Å². The Kier molecular flexibility index (Phi) is 5.05. The van der Waals surface area contributed by atoms with Gasteiger partial charge in [-0.25, -0.2) is 4.98 Å². The molecule has 1 saturated carbocycles. The number of anilines is 1. The summed E-state index contributed by atoms with van der Waals surface area (Å²) in [6.45, 7) is 4.00. The van der Waals surface area contributed by atoms with Crippen LogP contribution in [0.5, 0.6) is 0 Å². The minimum Gasteiger partial charge on any atom is -0.367 e. The van der Waals surface area contributed by atoms with Crippen LogP contribution in [-0.2, 0) is 0 Å². The van der Waals surface area contributed by atoms with Crippen LogP contribution in [0.1, 0.15) is 41.0 Å². The van der Waals surface area contributed by atoms with E-state index in [1.165, 1.54) is 25.7 Å². The van der Waals surface area contributed by atoms with Gasteiger partial charge in [-0.15, -0.1) is 0 Å². The van der Waals surface area contributed by atoms with Gasteiger partial charge in [-0.1, -0.05) is 32.8 Å². The number of pyridine rings is 1. The van der Waals surface area contributed by atoms with Gasteiger partial charge in [0.15, 0.2) is 0 Å². The fourth-order valence-electron chi connectivity index (χ4n) is 1.73. The van der Waals surface area contributed by atoms with Crippen molar-refractivity contribution in [1.82, 2.24) is 4.98 Å². The maximum absolute atomic E-state index is 4.23. The van der Waals surface area contributed by atoms with Gasteiger partial charge in [0.05, 0.1) is 0 Å². The molecule has 14 heavy (non-hydrogen) atoms. The molecule has 0 radical (unpaired) electrons. The van der Waals surface area contributed by atoms with Gasteiger partial charge in [0.1, 0.15) is 5.82 Å². The van der Waals surface area contributed by atoms with Crippen LogP contribution in [0.4, 0.5) is 5.82 Å². The zero-order valence-electron chi connectivity index (χ0n) is 9.16. The first-order chi connectivity index (χ1) is 6.95. The average Bonchev–Trinajstić information content (AvgIpc) is 2.75. The van der Waals surface area contributed by atoms with Crippen LogP contribution in [0, 0.1) is 0 Å². The molecule has 0 atom stereocenters. The molecule has 2 nitrogen and oxygen atoms in total. The molecule has 1 aromatic heterocycles. The van der Waals surface area contributed by atoms with Crippen molar-refractivity contribution in [2.24, 2.45) is 0 Å². The Morgan fingerprint density at radius 3 is 2.57 bits per heavy atom. The molecule has 0 aromatic carbocycles. The second kappa shape index (κ2) is 6.41. The molecule has 0 saturated heterocycles. The Morgan fingerprint density at radius 2 is 2.00 bits per heavy atom. The smallest absolute Gasteiger partial charge is 0.126 e. The lowest BCUT2D eigenvalue weighted by Gasteiger charge is -2.11. The number of nitrogens with zero attached hydrogens (tertiary/aromatic N) is 1. The van der Waals surface area contributed by atoms with E-state index in [1.807, 2.05) is 38.2 Å². The van der Waals surface area contributed by atoms with E-state index in [9.17, 15) is 0 Å². The maximum atomic E-state index is 4.23. The fourth-order valence-corrected chi connectivity index (χ4v) is 1.73. The first-order valence-electron chi connectivity index (χ1n) is 5.63. The molecule has 0 aliphatic heterocycles. The third-order valence-electron chi connectivity index (χ3n) is 2.37. The molecule has 1 heterocycles. The SMILES string of the molecule is CC.[HH].c1ccc(NC2CCCC2)nc1. The maximum Gasteiger partial charge on any atom is 0.126 e. The molecule has 0 bridgehead atoms. The summed E-state index contributed by atoms with van der Waals surface area (Å²) in [5, 5.41) is 3.43. The second-order valence-corrected chi connectivity index (χ2v) is 3.34. The first kappa shape index (κ1) is 11.0. The van der Waals surface area contributed by atoms with E-state index in [1.54, 1.807) is 0 Å². The molecular weight excluding hydrogens is 172 g/mol. The first-order valence-corrected chi connectivity index (χ1v) is 5.63. The molecule has 0 amide bonds. The molecular formula is C12H22N2. The Morgan fingerprint density at radius 1 is 1.29 bits per heavy atom. The van der Waals surface area contributed by atoms with Crippen LogP contribution in [0.25, 0.3) is 0 Å². The summed E-state index contributed by atoms with van der Waals surface area (Å²) >= 11 is 0. The van der Waals surface area contributed by atoms with Crippen LogP contribution in [0.15, 0.2) is 24.4 Å². The third kappa shape index (κ3) is 3.36. The molecule has 1 fully saturated rings. The molecule has 1 N–H and O–H groups in total. The van der Waals surface area contributed by atoms with E-state index in [0.717, 1.165) is 5.82 Å². The topological polar surface area (TPSA) is 24.9 Å². The highest BCUT2D eigenvalue weighted by Crippen LogP contribution is 2.20. The summed E-state index contributed by atoms with van der Waals surface area (Å²) in [7, 11) is 0. The Balaban J connectivity index is 0.000000617. The van der Waals surface area contributed by atoms with Gasteiger partial charge in [-0.05, 0) is 25.0 Å². The highest BCUT2D eigenvalue weighted by Gasteiger charge is 2.14. The highest BCUT2D eigenvalue weighted by molar-refractivity contribution is 5.34. The second-order valence-electron chi connectivity index (χ2n) is 3.34. The fraction of sp³-hybridized carbons (Fsp3) is 0.583. The predicted octanol–water partition coefficient (Wildman–Crippen LogP) is 3.71. The zero-order valence-corrected chi connectivity index (χ0v) is 9.16. The van der Waals surface area contributed by atoms with Crippen molar-refractivity contribution in [3.63, 3.8) is 0 Å². The molecule has 1 aliphatic carbocycles. The number of nitrogens with one attached hydrogen (secondary N) is 1. The summed E-state index contributed by atoms with van der Waals surface area (Å²) in [4.78, 5) is 4.23. The number of rotatable bonds is 2. The van der Waals surface area contributed by atoms with E-state index >= 15 is 0 Å². The van der Waals surface area contributed by atoms with Crippen LogP contribution in [0.2, 0.25) is 0 Å². The van der Waals surface area contributed by atoms with E-state index in [2.05, 4.69) is 10.3 Å². The van der Waals surface area contributed by atoms with Crippen LogP contribution in [0.3, 0.4) is 0 Å². The third-order valence-corrected chi connectivity index (χ3v) is 2.37. The van der Waals surface area contributed by atoms with E-state index in [0.29, 0.717) is 6.04 Å². The van der Waals surface area contributed by atoms with Gasteiger partial charge in [0, 0.05) is 13.7 Å². The van der Waals surface area contributed by atoms with Crippen LogP contribution < -0.4 is 5.32 Å². The summed E-state index contributed by atoms with van der Waals surface area (Å²) in [5.74, 6) is 1.02. The molecule has 1 aliphatic rings. The predicted molar refractivity (Wildman–Crippen MR) is 63.6 cm³/mol. The van der Waals surface area contributed by atoms with E-state index in [-0.39, 0.29) is 1.43 Å². The monoisotopic (exact) mass is 194 g/mol. The number of hydrogen-bond acceptors (Lipinski definition) is 2. The van der Waals surface area contributed by atoms with Crippen molar-refractivity contribution in [3.8, 4) is 0 Å².